The molecule has 5 heteroatoms. The van der Waals surface area contributed by atoms with Crippen LogP contribution in [0.4, 0.5) is 5.69 Å². The second kappa shape index (κ2) is 6.56. The summed E-state index contributed by atoms with van der Waals surface area (Å²) in [5, 5.41) is 0. The molecule has 2 aliphatic rings. The molecule has 2 aliphatic heterocycles. The number of rotatable bonds is 4. The monoisotopic (exact) mass is 333 g/mol. The highest BCUT2D eigenvalue weighted by molar-refractivity contribution is 7.99. The maximum Gasteiger partial charge on any atom is 0.311 e. The smallest absolute Gasteiger partial charge is 0.311 e. The quantitative estimate of drug-likeness (QED) is 0.795. The van der Waals surface area contributed by atoms with Crippen molar-refractivity contribution in [1.29, 1.82) is 0 Å². The number of hydrogen-bond acceptors (Lipinski definition) is 4. The lowest BCUT2D eigenvalue weighted by Crippen LogP contribution is -2.35. The number of anilines is 1. The first-order valence-corrected chi connectivity index (χ1v) is 9.37. The van der Waals surface area contributed by atoms with Gasteiger partial charge in [0.05, 0.1) is 5.92 Å². The molecule has 0 aromatic heterocycles. The van der Waals surface area contributed by atoms with Gasteiger partial charge in [0.25, 0.3) is 0 Å². The largest absolute Gasteiger partial charge is 0.458 e. The van der Waals surface area contributed by atoms with Gasteiger partial charge in [0.15, 0.2) is 0 Å². The van der Waals surface area contributed by atoms with Gasteiger partial charge in [-0.25, -0.2) is 0 Å². The van der Waals surface area contributed by atoms with E-state index >= 15 is 0 Å². The summed E-state index contributed by atoms with van der Waals surface area (Å²) in [5.74, 6) is 1.32. The number of hydrogen-bond donors (Lipinski definition) is 0. The fourth-order valence-electron chi connectivity index (χ4n) is 3.23. The van der Waals surface area contributed by atoms with Crippen molar-refractivity contribution in [3.8, 4) is 0 Å². The van der Waals surface area contributed by atoms with E-state index < -0.39 is 0 Å². The van der Waals surface area contributed by atoms with E-state index in [4.69, 9.17) is 4.74 Å². The Kier molecular flexibility index (Phi) is 4.67. The van der Waals surface area contributed by atoms with Crippen LogP contribution in [0.2, 0.25) is 0 Å². The third-order valence-electron chi connectivity index (χ3n) is 4.65. The molecule has 0 saturated carbocycles. The fourth-order valence-corrected chi connectivity index (χ4v) is 4.58. The van der Waals surface area contributed by atoms with E-state index in [1.165, 1.54) is 0 Å². The number of carbonyl (C=O) groups excluding carboxylic acids is 2. The molecule has 23 heavy (non-hydrogen) atoms. The molecule has 0 aliphatic carbocycles. The molecule has 0 unspecified atom stereocenters. The van der Waals surface area contributed by atoms with Gasteiger partial charge in [-0.2, -0.15) is 11.8 Å². The number of thioether (sulfide) groups is 1. The number of nitrogens with zero attached hydrogens (tertiary/aromatic N) is 1. The Hall–Kier alpha value is -1.49. The van der Waals surface area contributed by atoms with E-state index in [-0.39, 0.29) is 29.8 Å². The molecule has 124 valence electrons. The van der Waals surface area contributed by atoms with Gasteiger partial charge in [0.1, 0.15) is 5.60 Å². The highest BCUT2D eigenvalue weighted by Crippen LogP contribution is 2.34. The van der Waals surface area contributed by atoms with Crippen molar-refractivity contribution in [3.63, 3.8) is 0 Å². The summed E-state index contributed by atoms with van der Waals surface area (Å²) < 4.78 is 5.73. The predicted octanol–water partition coefficient (Wildman–Crippen LogP) is 3.04. The zero-order valence-electron chi connectivity index (χ0n) is 13.7. The predicted molar refractivity (Wildman–Crippen MR) is 92.7 cm³/mol. The molecule has 0 N–H and O–H groups in total. The van der Waals surface area contributed by atoms with E-state index in [0.717, 1.165) is 35.6 Å². The topological polar surface area (TPSA) is 46.6 Å². The Morgan fingerprint density at radius 3 is 2.91 bits per heavy atom. The van der Waals surface area contributed by atoms with Gasteiger partial charge in [-0.15, -0.1) is 0 Å². The van der Waals surface area contributed by atoms with Crippen LogP contribution in [-0.2, 0) is 20.7 Å². The highest BCUT2D eigenvalue weighted by Gasteiger charge is 2.40. The van der Waals surface area contributed by atoms with E-state index in [9.17, 15) is 9.59 Å². The Balaban J connectivity index is 1.71. The number of ether oxygens (including phenoxy) is 1. The average molecular weight is 333 g/mol. The minimum Gasteiger partial charge on any atom is -0.458 e. The highest BCUT2D eigenvalue weighted by atomic mass is 32.2. The summed E-state index contributed by atoms with van der Waals surface area (Å²) in [6.45, 7) is 4.49. The lowest BCUT2D eigenvalue weighted by molar-refractivity contribution is -0.160. The molecule has 1 amide bonds. The van der Waals surface area contributed by atoms with Gasteiger partial charge < -0.3 is 9.64 Å². The van der Waals surface area contributed by atoms with Crippen LogP contribution in [0.5, 0.6) is 0 Å². The van der Waals surface area contributed by atoms with E-state index in [0.29, 0.717) is 6.54 Å². The summed E-state index contributed by atoms with van der Waals surface area (Å²) in [5.41, 5.74) is 1.70. The van der Waals surface area contributed by atoms with Crippen LogP contribution < -0.4 is 4.90 Å². The lowest BCUT2D eigenvalue weighted by atomic mass is 10.1. The molecular formula is C18H23NO3S. The van der Waals surface area contributed by atoms with Crippen LogP contribution in [-0.4, -0.2) is 35.5 Å². The molecule has 3 rings (SSSR count). The summed E-state index contributed by atoms with van der Waals surface area (Å²) in [6.07, 6.45) is 2.01. The molecule has 1 aromatic carbocycles. The first-order chi connectivity index (χ1) is 11.0. The van der Waals surface area contributed by atoms with Crippen LogP contribution in [0.15, 0.2) is 24.3 Å². The molecular weight excluding hydrogens is 310 g/mol. The third-order valence-corrected chi connectivity index (χ3v) is 5.96. The maximum absolute atomic E-state index is 12.5. The molecule has 0 spiro atoms. The third kappa shape index (κ3) is 3.39. The Labute approximate surface area is 141 Å². The fraction of sp³-hybridized carbons (Fsp3) is 0.556. The van der Waals surface area contributed by atoms with Gasteiger partial charge >= 0.3 is 5.97 Å². The Morgan fingerprint density at radius 1 is 1.43 bits per heavy atom. The molecule has 2 atom stereocenters. The normalized spacial score (nSPS) is 27.5. The second-order valence-corrected chi connectivity index (χ2v) is 7.67. The average Bonchev–Trinajstić information content (AvgIpc) is 3.13. The number of aryl methyl sites for hydroxylation is 1. The SMILES string of the molecule is CCc1ccccc1N1C[C@H](C(=O)O[C@@]2(C)CCSC2)CC1=O. The number of esters is 1. The van der Waals surface area contributed by atoms with Crippen LogP contribution in [0.25, 0.3) is 0 Å². The number of para-hydroxylation sites is 1. The first kappa shape index (κ1) is 16.4. The molecule has 4 nitrogen and oxygen atoms in total. The van der Waals surface area contributed by atoms with Crippen molar-refractivity contribution in [3.05, 3.63) is 29.8 Å². The molecule has 2 saturated heterocycles. The van der Waals surface area contributed by atoms with Crippen molar-refractivity contribution < 1.29 is 14.3 Å². The van der Waals surface area contributed by atoms with E-state index in [1.54, 1.807) is 4.90 Å². The van der Waals surface area contributed by atoms with Crippen molar-refractivity contribution in [2.45, 2.75) is 38.7 Å². The molecule has 1 aromatic rings. The van der Waals surface area contributed by atoms with Crippen LogP contribution in [0, 0.1) is 5.92 Å². The molecule has 2 heterocycles. The van der Waals surface area contributed by atoms with Crippen LogP contribution >= 0.6 is 11.8 Å². The maximum atomic E-state index is 12.5. The van der Waals surface area contributed by atoms with Gasteiger partial charge in [-0.3, -0.25) is 9.59 Å². The van der Waals surface area contributed by atoms with Crippen LogP contribution in [0.1, 0.15) is 32.3 Å². The standard InChI is InChI=1S/C18H23NO3S/c1-3-13-6-4-5-7-15(13)19-11-14(10-16(19)20)17(21)22-18(2)8-9-23-12-18/h4-7,14H,3,8-12H2,1-2H3/t14-,18+/m1/s1. The first-order valence-electron chi connectivity index (χ1n) is 8.21. The van der Waals surface area contributed by atoms with Gasteiger partial charge in [-0.1, -0.05) is 25.1 Å². The number of carbonyl (C=O) groups is 2. The summed E-state index contributed by atoms with van der Waals surface area (Å²) >= 11 is 1.81. The van der Waals surface area contributed by atoms with Crippen molar-refractivity contribution in [2.75, 3.05) is 23.0 Å². The van der Waals surface area contributed by atoms with E-state index in [2.05, 4.69) is 6.92 Å². The summed E-state index contributed by atoms with van der Waals surface area (Å²) in [4.78, 5) is 26.6. The Bertz CT molecular complexity index is 610. The molecule has 2 fully saturated rings. The van der Waals surface area contributed by atoms with Crippen LogP contribution in [0.3, 0.4) is 0 Å². The molecule has 0 radical (unpaired) electrons. The zero-order chi connectivity index (χ0) is 16.4. The van der Waals surface area contributed by atoms with E-state index in [1.807, 2.05) is 43.0 Å². The van der Waals surface area contributed by atoms with Gasteiger partial charge in [0.2, 0.25) is 5.91 Å². The zero-order valence-corrected chi connectivity index (χ0v) is 14.5. The van der Waals surface area contributed by atoms with Crippen molar-refractivity contribution in [2.24, 2.45) is 5.92 Å². The lowest BCUT2D eigenvalue weighted by Gasteiger charge is -2.25. The Morgan fingerprint density at radius 2 is 2.22 bits per heavy atom. The minimum absolute atomic E-state index is 0.0128. The summed E-state index contributed by atoms with van der Waals surface area (Å²) in [7, 11) is 0. The minimum atomic E-state index is -0.362. The number of benzene rings is 1. The number of amides is 1. The van der Waals surface area contributed by atoms with Crippen molar-refractivity contribution in [1.82, 2.24) is 0 Å². The van der Waals surface area contributed by atoms with Gasteiger partial charge in [0, 0.05) is 24.4 Å². The second-order valence-electron chi connectivity index (χ2n) is 6.56. The van der Waals surface area contributed by atoms with Crippen molar-refractivity contribution >= 4 is 29.3 Å². The van der Waals surface area contributed by atoms with Gasteiger partial charge in [-0.05, 0) is 37.1 Å². The summed E-state index contributed by atoms with van der Waals surface area (Å²) in [6, 6.07) is 7.90. The molecule has 0 bridgehead atoms.